The van der Waals surface area contributed by atoms with Gasteiger partial charge in [-0.05, 0) is 20.8 Å². The van der Waals surface area contributed by atoms with Gasteiger partial charge in [0.05, 0.1) is 5.69 Å². The lowest BCUT2D eigenvalue weighted by Gasteiger charge is -2.32. The zero-order valence-corrected chi connectivity index (χ0v) is 12.4. The molecule has 0 bridgehead atoms. The number of anilines is 1. The third-order valence-electron chi connectivity index (χ3n) is 3.06. The van der Waals surface area contributed by atoms with Crippen LogP contribution in [0.4, 0.5) is 5.95 Å². The highest BCUT2D eigenvalue weighted by atomic mass is 35.5. The Bertz CT molecular complexity index is 561. The van der Waals surface area contributed by atoms with Crippen LogP contribution in [-0.2, 0) is 0 Å². The highest BCUT2D eigenvalue weighted by molar-refractivity contribution is 6.29. The molecule has 0 N–H and O–H groups in total. The molecule has 0 unspecified atom stereocenters. The molecule has 1 aromatic carbocycles. The van der Waals surface area contributed by atoms with Crippen molar-refractivity contribution in [2.24, 2.45) is 0 Å². The molecule has 1 heterocycles. The van der Waals surface area contributed by atoms with Gasteiger partial charge in [0.2, 0.25) is 5.95 Å². The van der Waals surface area contributed by atoms with Crippen LogP contribution < -0.4 is 4.90 Å². The van der Waals surface area contributed by atoms with Crippen molar-refractivity contribution in [2.75, 3.05) is 11.9 Å². The smallest absolute Gasteiger partial charge is 0.227 e. The van der Waals surface area contributed by atoms with Gasteiger partial charge in [-0.1, -0.05) is 41.9 Å². The lowest BCUT2D eigenvalue weighted by molar-refractivity contribution is 0.528. The minimum atomic E-state index is -0.0569. The largest absolute Gasteiger partial charge is 0.339 e. The fourth-order valence-electron chi connectivity index (χ4n) is 1.61. The third-order valence-corrected chi connectivity index (χ3v) is 3.25. The predicted octanol–water partition coefficient (Wildman–Crippen LogP) is 4.03. The average Bonchev–Trinajstić information content (AvgIpc) is 2.37. The summed E-state index contributed by atoms with van der Waals surface area (Å²) in [5.74, 6) is 0.638. The van der Waals surface area contributed by atoms with Gasteiger partial charge >= 0.3 is 0 Å². The Hall–Kier alpha value is -1.61. The van der Waals surface area contributed by atoms with Crippen LogP contribution in [0, 0.1) is 0 Å². The molecule has 2 aromatic rings. The second kappa shape index (κ2) is 5.17. The summed E-state index contributed by atoms with van der Waals surface area (Å²) in [6.45, 7) is 6.33. The second-order valence-corrected chi connectivity index (χ2v) is 5.86. The summed E-state index contributed by atoms with van der Waals surface area (Å²) in [4.78, 5) is 10.9. The Morgan fingerprint density at radius 2 is 1.68 bits per heavy atom. The van der Waals surface area contributed by atoms with Gasteiger partial charge in [-0.2, -0.15) is 0 Å². The Morgan fingerprint density at radius 3 is 2.26 bits per heavy atom. The quantitative estimate of drug-likeness (QED) is 0.775. The number of halogens is 1. The van der Waals surface area contributed by atoms with E-state index in [4.69, 9.17) is 11.6 Å². The number of hydrogen-bond donors (Lipinski definition) is 0. The lowest BCUT2D eigenvalue weighted by atomic mass is 10.1. The number of rotatable bonds is 2. The lowest BCUT2D eigenvalue weighted by Crippen LogP contribution is -2.39. The summed E-state index contributed by atoms with van der Waals surface area (Å²) in [6, 6.07) is 11.8. The van der Waals surface area contributed by atoms with Crippen molar-refractivity contribution in [3.8, 4) is 11.3 Å². The van der Waals surface area contributed by atoms with Gasteiger partial charge in [0.1, 0.15) is 5.15 Å². The van der Waals surface area contributed by atoms with Crippen LogP contribution in [0.2, 0.25) is 5.15 Å². The molecule has 0 aliphatic heterocycles. The molecule has 0 saturated carbocycles. The van der Waals surface area contributed by atoms with Crippen LogP contribution in [0.15, 0.2) is 36.4 Å². The van der Waals surface area contributed by atoms with Crippen LogP contribution in [0.1, 0.15) is 20.8 Å². The standard InChI is InChI=1S/C15H18ClN3/c1-15(2,3)19(4)14-17-12(10-13(16)18-14)11-8-6-5-7-9-11/h5-10H,1-4H3. The van der Waals surface area contributed by atoms with Crippen molar-refractivity contribution < 1.29 is 0 Å². The number of hydrogen-bond acceptors (Lipinski definition) is 3. The number of nitrogens with zero attached hydrogens (tertiary/aromatic N) is 3. The molecule has 0 atom stereocenters. The molecule has 4 heteroatoms. The number of aromatic nitrogens is 2. The molecule has 19 heavy (non-hydrogen) atoms. The molecular weight excluding hydrogens is 258 g/mol. The maximum absolute atomic E-state index is 6.12. The van der Waals surface area contributed by atoms with Gasteiger partial charge in [-0.3, -0.25) is 0 Å². The fraction of sp³-hybridized carbons (Fsp3) is 0.333. The van der Waals surface area contributed by atoms with E-state index >= 15 is 0 Å². The van der Waals surface area contributed by atoms with Gasteiger partial charge in [0, 0.05) is 24.2 Å². The topological polar surface area (TPSA) is 29.0 Å². The number of benzene rings is 1. The summed E-state index contributed by atoms with van der Waals surface area (Å²) in [5, 5.41) is 0.458. The van der Waals surface area contributed by atoms with E-state index in [-0.39, 0.29) is 5.54 Å². The van der Waals surface area contributed by atoms with Gasteiger partial charge in [0.15, 0.2) is 0 Å². The van der Waals surface area contributed by atoms with Crippen LogP contribution in [-0.4, -0.2) is 22.6 Å². The molecular formula is C15H18ClN3. The van der Waals surface area contributed by atoms with Crippen molar-refractivity contribution in [3.63, 3.8) is 0 Å². The minimum absolute atomic E-state index is 0.0569. The Kier molecular flexibility index (Phi) is 3.76. The highest BCUT2D eigenvalue weighted by Crippen LogP contribution is 2.25. The Balaban J connectivity index is 2.47. The van der Waals surface area contributed by atoms with E-state index in [1.54, 1.807) is 6.07 Å². The summed E-state index contributed by atoms with van der Waals surface area (Å²) in [6.07, 6.45) is 0. The summed E-state index contributed by atoms with van der Waals surface area (Å²) >= 11 is 6.12. The Morgan fingerprint density at radius 1 is 1.05 bits per heavy atom. The minimum Gasteiger partial charge on any atom is -0.339 e. The monoisotopic (exact) mass is 275 g/mol. The first-order valence-electron chi connectivity index (χ1n) is 6.22. The van der Waals surface area contributed by atoms with Crippen LogP contribution >= 0.6 is 11.6 Å². The molecule has 0 fully saturated rings. The molecule has 100 valence electrons. The first-order chi connectivity index (χ1) is 8.88. The normalized spacial score (nSPS) is 11.4. The first kappa shape index (κ1) is 13.8. The maximum Gasteiger partial charge on any atom is 0.227 e. The van der Waals surface area contributed by atoms with Gasteiger partial charge in [-0.15, -0.1) is 0 Å². The average molecular weight is 276 g/mol. The predicted molar refractivity (Wildman–Crippen MR) is 80.6 cm³/mol. The van der Waals surface area contributed by atoms with E-state index < -0.39 is 0 Å². The van der Waals surface area contributed by atoms with Crippen LogP contribution in [0.25, 0.3) is 11.3 Å². The summed E-state index contributed by atoms with van der Waals surface area (Å²) < 4.78 is 0. The Labute approximate surface area is 119 Å². The van der Waals surface area contributed by atoms with Gasteiger partial charge in [-0.25, -0.2) is 9.97 Å². The molecule has 0 radical (unpaired) electrons. The molecule has 3 nitrogen and oxygen atoms in total. The molecule has 0 spiro atoms. The maximum atomic E-state index is 6.12. The van der Waals surface area contributed by atoms with E-state index in [2.05, 4.69) is 30.7 Å². The zero-order valence-electron chi connectivity index (χ0n) is 11.7. The molecule has 0 aliphatic rings. The molecule has 2 rings (SSSR count). The van der Waals surface area contributed by atoms with Crippen molar-refractivity contribution >= 4 is 17.5 Å². The van der Waals surface area contributed by atoms with Crippen molar-refractivity contribution in [2.45, 2.75) is 26.3 Å². The highest BCUT2D eigenvalue weighted by Gasteiger charge is 2.20. The third kappa shape index (κ3) is 3.24. The molecule has 1 aromatic heterocycles. The SMILES string of the molecule is CN(c1nc(Cl)cc(-c2ccccc2)n1)C(C)(C)C. The van der Waals surface area contributed by atoms with Crippen LogP contribution in [0.5, 0.6) is 0 Å². The van der Waals surface area contributed by atoms with E-state index in [1.807, 2.05) is 42.3 Å². The van der Waals surface area contributed by atoms with Crippen molar-refractivity contribution in [3.05, 3.63) is 41.6 Å². The summed E-state index contributed by atoms with van der Waals surface area (Å²) in [5.41, 5.74) is 1.82. The second-order valence-electron chi connectivity index (χ2n) is 5.47. The van der Waals surface area contributed by atoms with Crippen molar-refractivity contribution in [1.29, 1.82) is 0 Å². The van der Waals surface area contributed by atoms with Crippen LogP contribution in [0.3, 0.4) is 0 Å². The van der Waals surface area contributed by atoms with Gasteiger partial charge < -0.3 is 4.90 Å². The van der Waals surface area contributed by atoms with E-state index in [0.717, 1.165) is 11.3 Å². The zero-order chi connectivity index (χ0) is 14.0. The van der Waals surface area contributed by atoms with E-state index in [9.17, 15) is 0 Å². The molecule has 0 saturated heterocycles. The van der Waals surface area contributed by atoms with Crippen molar-refractivity contribution in [1.82, 2.24) is 9.97 Å². The molecule has 0 amide bonds. The first-order valence-corrected chi connectivity index (χ1v) is 6.59. The van der Waals surface area contributed by atoms with Gasteiger partial charge in [0.25, 0.3) is 0 Å². The molecule has 0 aliphatic carbocycles. The fourth-order valence-corrected chi connectivity index (χ4v) is 1.79. The van der Waals surface area contributed by atoms with E-state index in [0.29, 0.717) is 11.1 Å². The van der Waals surface area contributed by atoms with E-state index in [1.165, 1.54) is 0 Å². The summed E-state index contributed by atoms with van der Waals surface area (Å²) in [7, 11) is 1.97.